The van der Waals surface area contributed by atoms with Gasteiger partial charge >= 0.3 is 0 Å². The molecule has 2 rings (SSSR count). The number of ketones is 1. The third-order valence-electron chi connectivity index (χ3n) is 4.88. The zero-order valence-corrected chi connectivity index (χ0v) is 21.8. The van der Waals surface area contributed by atoms with Gasteiger partial charge in [-0.2, -0.15) is 10.2 Å². The lowest BCUT2D eigenvalue weighted by Gasteiger charge is -2.15. The van der Waals surface area contributed by atoms with Crippen LogP contribution in [0.2, 0.25) is 5.02 Å². The number of nitrogens with one attached hydrogen (secondary N) is 1. The Balaban J connectivity index is 2.44. The van der Waals surface area contributed by atoms with Crippen LogP contribution < -0.4 is 14.8 Å². The fourth-order valence-corrected chi connectivity index (χ4v) is 3.27. The first-order valence-corrected chi connectivity index (χ1v) is 11.0. The number of anilines is 1. The Morgan fingerprint density at radius 1 is 0.861 bits per heavy atom. The Labute approximate surface area is 214 Å². The molecule has 1 unspecified atom stereocenters. The summed E-state index contributed by atoms with van der Waals surface area (Å²) in [4.78, 5) is 52.9. The molecule has 0 aromatic heterocycles. The highest BCUT2D eigenvalue weighted by molar-refractivity contribution is 6.32. The molecule has 36 heavy (non-hydrogen) atoms. The van der Waals surface area contributed by atoms with Crippen LogP contribution in [0, 0.1) is 0 Å². The Morgan fingerprint density at radius 2 is 1.39 bits per heavy atom. The minimum atomic E-state index is -1.52. The summed E-state index contributed by atoms with van der Waals surface area (Å²) in [7, 11) is 9.08. The number of Topliss-reactive ketones (excluding diaryl/α,β-unsaturated/α-hetero) is 1. The van der Waals surface area contributed by atoms with Gasteiger partial charge in [0, 0.05) is 51.5 Å². The summed E-state index contributed by atoms with van der Waals surface area (Å²) in [6, 6.07) is 5.66. The zero-order chi connectivity index (χ0) is 27.2. The van der Waals surface area contributed by atoms with Crippen molar-refractivity contribution in [3.8, 4) is 11.5 Å². The fraction of sp³-hybridized carbons (Fsp3) is 0.333. The molecule has 0 radical (unpaired) electrons. The van der Waals surface area contributed by atoms with Crippen molar-refractivity contribution in [3.05, 3.63) is 46.5 Å². The van der Waals surface area contributed by atoms with E-state index in [2.05, 4.69) is 15.5 Å². The van der Waals surface area contributed by atoms with E-state index >= 15 is 0 Å². The predicted octanol–water partition coefficient (Wildman–Crippen LogP) is 3.44. The molecule has 192 valence electrons. The number of amides is 3. The highest BCUT2D eigenvalue weighted by Crippen LogP contribution is 2.36. The van der Waals surface area contributed by atoms with E-state index in [-0.39, 0.29) is 50.8 Å². The number of azo groups is 1. The van der Waals surface area contributed by atoms with Gasteiger partial charge in [-0.05, 0) is 25.1 Å². The number of carbonyl (C=O) groups excluding carboxylic acids is 4. The Morgan fingerprint density at radius 3 is 1.83 bits per heavy atom. The molecular formula is C24H28ClN5O6. The summed E-state index contributed by atoms with van der Waals surface area (Å²) < 4.78 is 10.4. The lowest BCUT2D eigenvalue weighted by Crippen LogP contribution is -2.32. The van der Waals surface area contributed by atoms with Crippen LogP contribution in [0.4, 0.5) is 11.4 Å². The summed E-state index contributed by atoms with van der Waals surface area (Å²) in [5.41, 5.74) is 0.729. The lowest BCUT2D eigenvalue weighted by molar-refractivity contribution is -0.126. The molecule has 11 nitrogen and oxygen atoms in total. The van der Waals surface area contributed by atoms with Gasteiger partial charge in [0.2, 0.25) is 6.04 Å². The number of halogens is 1. The van der Waals surface area contributed by atoms with Crippen LogP contribution in [0.3, 0.4) is 0 Å². The van der Waals surface area contributed by atoms with Crippen molar-refractivity contribution in [1.29, 1.82) is 0 Å². The highest BCUT2D eigenvalue weighted by Gasteiger charge is 2.25. The molecule has 2 aromatic rings. The minimum Gasteiger partial charge on any atom is -0.495 e. The van der Waals surface area contributed by atoms with Crippen molar-refractivity contribution in [2.24, 2.45) is 10.2 Å². The molecule has 0 aliphatic carbocycles. The third kappa shape index (κ3) is 6.79. The van der Waals surface area contributed by atoms with Gasteiger partial charge in [0.05, 0.1) is 30.6 Å². The van der Waals surface area contributed by atoms with Gasteiger partial charge in [0.1, 0.15) is 11.5 Å². The summed E-state index contributed by atoms with van der Waals surface area (Å²) in [5, 5.41) is 10.8. The van der Waals surface area contributed by atoms with Crippen molar-refractivity contribution in [3.63, 3.8) is 0 Å². The van der Waals surface area contributed by atoms with Crippen molar-refractivity contribution in [2.45, 2.75) is 13.0 Å². The molecule has 0 aliphatic rings. The van der Waals surface area contributed by atoms with Crippen LogP contribution in [0.5, 0.6) is 11.5 Å². The summed E-state index contributed by atoms with van der Waals surface area (Å²) in [5.74, 6) is -1.54. The molecule has 1 atom stereocenters. The molecular weight excluding hydrogens is 490 g/mol. The largest absolute Gasteiger partial charge is 0.495 e. The first-order chi connectivity index (χ1) is 16.9. The van der Waals surface area contributed by atoms with E-state index in [0.717, 1.165) is 0 Å². The maximum atomic E-state index is 12.9. The summed E-state index contributed by atoms with van der Waals surface area (Å²) >= 11 is 6.10. The molecule has 0 spiro atoms. The van der Waals surface area contributed by atoms with E-state index in [4.69, 9.17) is 21.1 Å². The van der Waals surface area contributed by atoms with Crippen LogP contribution in [0.1, 0.15) is 27.6 Å². The van der Waals surface area contributed by atoms with Gasteiger partial charge in [-0.1, -0.05) is 11.6 Å². The maximum absolute atomic E-state index is 12.9. The van der Waals surface area contributed by atoms with Crippen molar-refractivity contribution < 1.29 is 28.7 Å². The Bertz CT molecular complexity index is 1170. The molecule has 0 bridgehead atoms. The van der Waals surface area contributed by atoms with E-state index in [1.165, 1.54) is 61.3 Å². The summed E-state index contributed by atoms with van der Waals surface area (Å²) in [6.07, 6.45) is 0. The van der Waals surface area contributed by atoms with Gasteiger partial charge in [0.25, 0.3) is 17.7 Å². The number of nitrogens with zero attached hydrogens (tertiary/aromatic N) is 4. The predicted molar refractivity (Wildman–Crippen MR) is 135 cm³/mol. The van der Waals surface area contributed by atoms with E-state index in [9.17, 15) is 19.2 Å². The summed E-state index contributed by atoms with van der Waals surface area (Å²) in [6.45, 7) is 1.19. The van der Waals surface area contributed by atoms with E-state index in [1.54, 1.807) is 28.2 Å². The monoisotopic (exact) mass is 517 g/mol. The van der Waals surface area contributed by atoms with Crippen molar-refractivity contribution >= 4 is 46.5 Å². The molecule has 0 aliphatic heterocycles. The normalized spacial score (nSPS) is 11.6. The molecule has 2 aromatic carbocycles. The fourth-order valence-electron chi connectivity index (χ4n) is 3.03. The van der Waals surface area contributed by atoms with Crippen LogP contribution in [-0.2, 0) is 9.59 Å². The van der Waals surface area contributed by atoms with Crippen LogP contribution in [0.15, 0.2) is 40.6 Å². The van der Waals surface area contributed by atoms with E-state index in [0.29, 0.717) is 0 Å². The second kappa shape index (κ2) is 12.1. The van der Waals surface area contributed by atoms with Crippen molar-refractivity contribution in [1.82, 2.24) is 9.80 Å². The van der Waals surface area contributed by atoms with Crippen LogP contribution >= 0.6 is 11.6 Å². The standard InChI is InChI=1S/C24H28ClN5O6/c1-13(31)21(22(32)26-18-12-19(35-6)17(25)11-20(18)36-7)28-27-16-9-14(23(33)29(2)3)8-15(10-16)24(34)30(4)5/h8-12,21H,1-7H3,(H,26,32). The molecule has 0 fully saturated rings. The third-order valence-corrected chi connectivity index (χ3v) is 5.17. The molecule has 3 amide bonds. The first-order valence-electron chi connectivity index (χ1n) is 10.6. The Hall–Kier alpha value is -3.99. The number of hydrogen-bond donors (Lipinski definition) is 1. The quantitative estimate of drug-likeness (QED) is 0.400. The minimum absolute atomic E-state index is 0.123. The molecule has 0 heterocycles. The first kappa shape index (κ1) is 28.2. The highest BCUT2D eigenvalue weighted by atomic mass is 35.5. The molecule has 0 saturated carbocycles. The zero-order valence-electron chi connectivity index (χ0n) is 21.1. The number of hydrogen-bond acceptors (Lipinski definition) is 8. The van der Waals surface area contributed by atoms with Gasteiger partial charge in [-0.3, -0.25) is 19.2 Å². The van der Waals surface area contributed by atoms with Gasteiger partial charge in [-0.15, -0.1) is 0 Å². The number of rotatable bonds is 9. The SMILES string of the molecule is COc1cc(NC(=O)C(N=Nc2cc(C(=O)N(C)C)cc(C(=O)N(C)C)c2)C(C)=O)c(OC)cc1Cl. The average molecular weight is 518 g/mol. The Kier molecular flexibility index (Phi) is 9.51. The van der Waals surface area contributed by atoms with E-state index < -0.39 is 17.7 Å². The van der Waals surface area contributed by atoms with Crippen molar-refractivity contribution in [2.75, 3.05) is 47.7 Å². The van der Waals surface area contributed by atoms with Gasteiger partial charge in [0.15, 0.2) is 5.78 Å². The number of ether oxygens (including phenoxy) is 2. The second-order valence-corrected chi connectivity index (χ2v) is 8.48. The number of methoxy groups -OCH3 is 2. The maximum Gasteiger partial charge on any atom is 0.258 e. The topological polar surface area (TPSA) is 130 Å². The van der Waals surface area contributed by atoms with Crippen LogP contribution in [-0.4, -0.2) is 81.8 Å². The van der Waals surface area contributed by atoms with Gasteiger partial charge < -0.3 is 24.6 Å². The number of benzene rings is 2. The smallest absolute Gasteiger partial charge is 0.258 e. The number of carbonyl (C=O) groups is 4. The lowest BCUT2D eigenvalue weighted by atomic mass is 10.1. The van der Waals surface area contributed by atoms with Gasteiger partial charge in [-0.25, -0.2) is 0 Å². The second-order valence-electron chi connectivity index (χ2n) is 8.07. The molecule has 1 N–H and O–H groups in total. The molecule has 0 saturated heterocycles. The van der Waals surface area contributed by atoms with Crippen LogP contribution in [0.25, 0.3) is 0 Å². The molecule has 12 heteroatoms. The average Bonchev–Trinajstić information content (AvgIpc) is 2.83. The van der Waals surface area contributed by atoms with E-state index in [1.807, 2.05) is 0 Å².